The monoisotopic (exact) mass is 588 g/mol. The van der Waals surface area contributed by atoms with Crippen molar-refractivity contribution in [2.24, 2.45) is 0 Å². The minimum Gasteiger partial charge on any atom is -0.477 e. The molecule has 10 heteroatoms. The van der Waals surface area contributed by atoms with Crippen LogP contribution in [-0.2, 0) is 29.6 Å². The number of pyridine rings is 1. The number of phosphoric acid groups is 1. The first kappa shape index (κ1) is 36.7. The third-order valence-electron chi connectivity index (χ3n) is 6.91. The minimum absolute atomic E-state index is 0.116. The Hall–Kier alpha value is -1.35. The number of unbranched alkanes of at least 4 members (excludes halogenated alkanes) is 15. The van der Waals surface area contributed by atoms with Gasteiger partial charge < -0.3 is 19.5 Å². The van der Waals surface area contributed by atoms with E-state index in [1.165, 1.54) is 109 Å². The van der Waals surface area contributed by atoms with Gasteiger partial charge in [-0.3, -0.25) is 9.05 Å². The summed E-state index contributed by atoms with van der Waals surface area (Å²) >= 11 is 0. The van der Waals surface area contributed by atoms with Crippen molar-refractivity contribution in [2.45, 2.75) is 122 Å². The van der Waals surface area contributed by atoms with Crippen LogP contribution in [0.2, 0.25) is 0 Å². The maximum Gasteiger partial charge on any atom is 0.472 e. The van der Waals surface area contributed by atoms with E-state index in [9.17, 15) is 14.3 Å². The maximum absolute atomic E-state index is 12.2. The van der Waals surface area contributed by atoms with Crippen LogP contribution < -0.4 is 4.57 Å². The van der Waals surface area contributed by atoms with Gasteiger partial charge in [0.1, 0.15) is 18.3 Å². The molecule has 2 N–H and O–H groups in total. The molecule has 1 aromatic rings. The van der Waals surface area contributed by atoms with Crippen LogP contribution in [0.15, 0.2) is 24.5 Å². The zero-order valence-corrected chi connectivity index (χ0v) is 25.9. The molecule has 0 saturated carbocycles. The first-order valence-electron chi connectivity index (χ1n) is 15.3. The Morgan fingerprint density at radius 1 is 0.850 bits per heavy atom. The van der Waals surface area contributed by atoms with Gasteiger partial charge in [0.25, 0.3) is 0 Å². The van der Waals surface area contributed by atoms with E-state index in [1.807, 2.05) is 0 Å². The smallest absolute Gasteiger partial charge is 0.472 e. The molecule has 232 valence electrons. The van der Waals surface area contributed by atoms with Crippen molar-refractivity contribution in [1.82, 2.24) is 0 Å². The Morgan fingerprint density at radius 3 is 1.93 bits per heavy atom. The predicted molar refractivity (Wildman–Crippen MR) is 156 cm³/mol. The van der Waals surface area contributed by atoms with Crippen LogP contribution in [0.5, 0.6) is 0 Å². The number of aromatic nitrogens is 1. The molecule has 2 atom stereocenters. The van der Waals surface area contributed by atoms with Gasteiger partial charge in [-0.25, -0.2) is 13.9 Å². The topological polar surface area (TPSA) is 115 Å². The number of rotatable bonds is 28. The van der Waals surface area contributed by atoms with Crippen LogP contribution in [0.3, 0.4) is 0 Å². The Kier molecular flexibility index (Phi) is 22.3. The van der Waals surface area contributed by atoms with Crippen molar-refractivity contribution in [1.29, 1.82) is 0 Å². The SMILES string of the molecule is CCCCCCCCCCCCCCCCCCOCC(COP(=O)(O)OCC[n+]1cccc(C(=O)O)c1)OC. The van der Waals surface area contributed by atoms with E-state index in [-0.39, 0.29) is 31.9 Å². The van der Waals surface area contributed by atoms with Gasteiger partial charge in [-0.05, 0) is 12.5 Å². The Bertz CT molecular complexity index is 810. The summed E-state index contributed by atoms with van der Waals surface area (Å²) in [5, 5.41) is 9.04. The summed E-state index contributed by atoms with van der Waals surface area (Å²) in [5.41, 5.74) is 0.119. The van der Waals surface area contributed by atoms with Crippen molar-refractivity contribution >= 4 is 13.8 Å². The van der Waals surface area contributed by atoms with E-state index in [4.69, 9.17) is 23.6 Å². The molecule has 0 bridgehead atoms. The second kappa shape index (κ2) is 24.3. The van der Waals surface area contributed by atoms with Crippen LogP contribution in [0.25, 0.3) is 0 Å². The average Bonchev–Trinajstić information content (AvgIpc) is 2.94. The standard InChI is InChI=1S/C30H54NO8P/c1-3-4-5-6-7-8-9-10-11-12-13-14-15-16-17-18-23-37-26-29(36-2)27-39-40(34,35)38-24-22-31-21-19-20-28(25-31)30(32)33/h19-21,25,29H,3-18,22-24,26-27H2,1-2H3,(H-,32,33,34,35)/p+1. The van der Waals surface area contributed by atoms with Crippen LogP contribution in [0.4, 0.5) is 0 Å². The summed E-state index contributed by atoms with van der Waals surface area (Å²) in [5.74, 6) is -1.05. The molecule has 40 heavy (non-hydrogen) atoms. The number of phosphoric ester groups is 1. The highest BCUT2D eigenvalue weighted by atomic mass is 31.2. The zero-order valence-electron chi connectivity index (χ0n) is 25.0. The molecule has 1 aromatic heterocycles. The molecule has 9 nitrogen and oxygen atoms in total. The first-order valence-corrected chi connectivity index (χ1v) is 16.8. The molecule has 2 unspecified atom stereocenters. The van der Waals surface area contributed by atoms with Crippen LogP contribution in [0, 0.1) is 0 Å². The molecule has 0 aromatic carbocycles. The third kappa shape index (κ3) is 20.5. The van der Waals surface area contributed by atoms with Crippen molar-refractivity contribution < 1.29 is 42.4 Å². The molecule has 0 aliphatic rings. The van der Waals surface area contributed by atoms with E-state index in [0.717, 1.165) is 12.8 Å². The molecule has 1 heterocycles. The summed E-state index contributed by atoms with van der Waals surface area (Å²) in [6.07, 6.45) is 23.8. The highest BCUT2D eigenvalue weighted by Crippen LogP contribution is 2.43. The number of hydrogen-bond acceptors (Lipinski definition) is 6. The number of ether oxygens (including phenoxy) is 2. The van der Waals surface area contributed by atoms with Gasteiger partial charge in [0.2, 0.25) is 0 Å². The highest BCUT2D eigenvalue weighted by Gasteiger charge is 2.24. The molecule has 0 fully saturated rings. The lowest BCUT2D eigenvalue weighted by molar-refractivity contribution is -0.697. The van der Waals surface area contributed by atoms with Gasteiger partial charge in [0.05, 0.1) is 13.2 Å². The second-order valence-corrected chi connectivity index (χ2v) is 11.9. The average molecular weight is 589 g/mol. The lowest BCUT2D eigenvalue weighted by Gasteiger charge is -2.18. The van der Waals surface area contributed by atoms with Gasteiger partial charge in [-0.15, -0.1) is 0 Å². The second-order valence-electron chi connectivity index (χ2n) is 10.5. The molecule has 0 radical (unpaired) electrons. The minimum atomic E-state index is -4.27. The normalized spacial score (nSPS) is 13.8. The maximum atomic E-state index is 12.2. The highest BCUT2D eigenvalue weighted by molar-refractivity contribution is 7.47. The van der Waals surface area contributed by atoms with Gasteiger partial charge in [0, 0.05) is 19.8 Å². The number of aromatic carboxylic acids is 1. The summed E-state index contributed by atoms with van der Waals surface area (Å²) < 4.78 is 34.7. The van der Waals surface area contributed by atoms with Crippen molar-refractivity contribution in [3.63, 3.8) is 0 Å². The van der Waals surface area contributed by atoms with E-state index >= 15 is 0 Å². The Morgan fingerprint density at radius 2 is 1.40 bits per heavy atom. The molecular formula is C30H55NO8P+. The van der Waals surface area contributed by atoms with E-state index in [0.29, 0.717) is 6.61 Å². The fraction of sp³-hybridized carbons (Fsp3) is 0.800. The predicted octanol–water partition coefficient (Wildman–Crippen LogP) is 7.10. The molecule has 0 amide bonds. The summed E-state index contributed by atoms with van der Waals surface area (Å²) in [7, 11) is -2.77. The Balaban J connectivity index is 1.97. The summed E-state index contributed by atoms with van der Waals surface area (Å²) in [6.45, 7) is 3.11. The molecule has 0 aliphatic heterocycles. The molecule has 0 spiro atoms. The lowest BCUT2D eigenvalue weighted by Crippen LogP contribution is -2.36. The largest absolute Gasteiger partial charge is 0.477 e. The summed E-state index contributed by atoms with van der Waals surface area (Å²) in [4.78, 5) is 21.0. The third-order valence-corrected chi connectivity index (χ3v) is 7.90. The summed E-state index contributed by atoms with van der Waals surface area (Å²) in [6, 6.07) is 3.05. The van der Waals surface area contributed by atoms with Crippen LogP contribution in [0.1, 0.15) is 120 Å². The number of carbonyl (C=O) groups is 1. The number of nitrogens with zero attached hydrogens (tertiary/aromatic N) is 1. The lowest BCUT2D eigenvalue weighted by atomic mass is 10.0. The van der Waals surface area contributed by atoms with Gasteiger partial charge >= 0.3 is 13.8 Å². The van der Waals surface area contributed by atoms with Gasteiger partial charge in [-0.2, -0.15) is 0 Å². The zero-order chi connectivity index (χ0) is 29.3. The molecule has 0 aliphatic carbocycles. The number of carboxylic acids is 1. The number of carboxylic acid groups (broad SMARTS) is 1. The molecule has 0 saturated heterocycles. The molecular weight excluding hydrogens is 533 g/mol. The van der Waals surface area contributed by atoms with E-state index < -0.39 is 19.9 Å². The van der Waals surface area contributed by atoms with E-state index in [2.05, 4.69) is 6.92 Å². The van der Waals surface area contributed by atoms with Crippen LogP contribution in [-0.4, -0.2) is 55.6 Å². The Labute approximate surface area is 242 Å². The van der Waals surface area contributed by atoms with Crippen molar-refractivity contribution in [2.75, 3.05) is 33.5 Å². The number of methoxy groups -OCH3 is 1. The fourth-order valence-corrected chi connectivity index (χ4v) is 5.16. The van der Waals surface area contributed by atoms with Crippen molar-refractivity contribution in [3.8, 4) is 0 Å². The van der Waals surface area contributed by atoms with Gasteiger partial charge in [0.15, 0.2) is 18.9 Å². The van der Waals surface area contributed by atoms with E-state index in [1.54, 1.807) is 16.8 Å². The molecule has 1 rings (SSSR count). The van der Waals surface area contributed by atoms with Gasteiger partial charge in [-0.1, -0.05) is 103 Å². The fourth-order valence-electron chi connectivity index (χ4n) is 4.41. The van der Waals surface area contributed by atoms with Crippen molar-refractivity contribution in [3.05, 3.63) is 30.1 Å². The number of hydrogen-bond donors (Lipinski definition) is 2. The quantitative estimate of drug-likeness (QED) is 0.0605. The van der Waals surface area contributed by atoms with Crippen LogP contribution >= 0.6 is 7.82 Å². The first-order chi connectivity index (χ1) is 19.4.